The number of hydrogen-bond acceptors (Lipinski definition) is 3. The second kappa shape index (κ2) is 5.27. The zero-order valence-corrected chi connectivity index (χ0v) is 11.2. The molecule has 0 aliphatic heterocycles. The molecule has 1 aromatic heterocycles. The number of pyridine rings is 1. The van der Waals surface area contributed by atoms with Gasteiger partial charge in [-0.05, 0) is 52.3 Å². The van der Waals surface area contributed by atoms with Gasteiger partial charge in [-0.3, -0.25) is 4.79 Å². The van der Waals surface area contributed by atoms with Crippen LogP contribution >= 0.6 is 0 Å². The van der Waals surface area contributed by atoms with E-state index in [2.05, 4.69) is 15.6 Å². The zero-order chi connectivity index (χ0) is 13.1. The van der Waals surface area contributed by atoms with E-state index in [-0.39, 0.29) is 18.0 Å². The van der Waals surface area contributed by atoms with Crippen molar-refractivity contribution >= 4 is 11.7 Å². The lowest BCUT2D eigenvalue weighted by Gasteiger charge is -2.19. The van der Waals surface area contributed by atoms with Crippen molar-refractivity contribution < 1.29 is 4.79 Å². The smallest absolute Gasteiger partial charge is 0.239 e. The Balaban J connectivity index is 2.56. The molecule has 17 heavy (non-hydrogen) atoms. The lowest BCUT2D eigenvalue weighted by molar-refractivity contribution is -0.115. The maximum Gasteiger partial charge on any atom is 0.239 e. The summed E-state index contributed by atoms with van der Waals surface area (Å²) in [4.78, 5) is 15.9. The Bertz CT molecular complexity index is 387. The zero-order valence-electron chi connectivity index (χ0n) is 11.2. The molecular formula is C13H21N3O. The molecule has 1 heterocycles. The fourth-order valence-corrected chi connectivity index (χ4v) is 1.44. The van der Waals surface area contributed by atoms with Crippen molar-refractivity contribution in [1.29, 1.82) is 0 Å². The number of hydrogen-bond donors (Lipinski definition) is 2. The number of carbonyl (C=O) groups is 1. The first-order valence-corrected chi connectivity index (χ1v) is 5.76. The molecule has 2 N–H and O–H groups in total. The van der Waals surface area contributed by atoms with Crippen LogP contribution in [0.3, 0.4) is 0 Å². The van der Waals surface area contributed by atoms with E-state index in [0.29, 0.717) is 5.82 Å². The van der Waals surface area contributed by atoms with Crippen LogP contribution in [-0.4, -0.2) is 23.0 Å². The van der Waals surface area contributed by atoms with Gasteiger partial charge in [-0.15, -0.1) is 0 Å². The number of aryl methyl sites for hydroxylation is 2. The van der Waals surface area contributed by atoms with Crippen molar-refractivity contribution in [2.45, 2.75) is 40.2 Å². The van der Waals surface area contributed by atoms with Gasteiger partial charge in [0.2, 0.25) is 5.91 Å². The van der Waals surface area contributed by atoms with Crippen LogP contribution in [0.4, 0.5) is 5.82 Å². The van der Waals surface area contributed by atoms with Gasteiger partial charge in [0.05, 0.1) is 6.54 Å². The molecule has 0 aliphatic carbocycles. The summed E-state index contributed by atoms with van der Waals surface area (Å²) < 4.78 is 0. The largest absolute Gasteiger partial charge is 0.310 e. The first kappa shape index (κ1) is 13.6. The number of amides is 1. The summed E-state index contributed by atoms with van der Waals surface area (Å²) in [6.45, 7) is 10.3. The van der Waals surface area contributed by atoms with Crippen molar-refractivity contribution in [2.75, 3.05) is 11.9 Å². The number of aromatic nitrogens is 1. The Kier molecular flexibility index (Phi) is 4.23. The minimum atomic E-state index is -0.0718. The number of carbonyl (C=O) groups excluding carboxylic acids is 1. The summed E-state index contributed by atoms with van der Waals surface area (Å²) in [5.74, 6) is 0.542. The van der Waals surface area contributed by atoms with Gasteiger partial charge in [-0.2, -0.15) is 0 Å². The number of anilines is 1. The average molecular weight is 235 g/mol. The highest BCUT2D eigenvalue weighted by atomic mass is 16.2. The monoisotopic (exact) mass is 235 g/mol. The average Bonchev–Trinajstić information content (AvgIpc) is 2.11. The van der Waals surface area contributed by atoms with E-state index in [1.807, 2.05) is 46.8 Å². The highest BCUT2D eigenvalue weighted by Gasteiger charge is 2.11. The maximum atomic E-state index is 11.7. The predicted octanol–water partition coefficient (Wildman–Crippen LogP) is 2.03. The van der Waals surface area contributed by atoms with Crippen LogP contribution in [-0.2, 0) is 4.79 Å². The Morgan fingerprint density at radius 3 is 2.47 bits per heavy atom. The standard InChI is InChI=1S/C13H21N3O/c1-9-6-10(2)15-11(7-9)16-12(17)8-14-13(3,4)5/h6-7,14H,8H2,1-5H3,(H,15,16,17). The SMILES string of the molecule is Cc1cc(C)nc(NC(=O)CNC(C)(C)C)c1. The molecule has 1 aromatic rings. The molecule has 1 amide bonds. The van der Waals surface area contributed by atoms with Crippen molar-refractivity contribution in [3.8, 4) is 0 Å². The Labute approximate surface area is 103 Å². The number of rotatable bonds is 3. The molecule has 1 rings (SSSR count). The summed E-state index contributed by atoms with van der Waals surface area (Å²) >= 11 is 0. The van der Waals surface area contributed by atoms with Crippen LogP contribution in [0.25, 0.3) is 0 Å². The summed E-state index contributed by atoms with van der Waals surface area (Å²) in [5, 5.41) is 5.91. The highest BCUT2D eigenvalue weighted by Crippen LogP contribution is 2.08. The molecule has 0 atom stereocenters. The molecule has 0 aromatic carbocycles. The second-order valence-corrected chi connectivity index (χ2v) is 5.32. The third-order valence-corrected chi connectivity index (χ3v) is 2.14. The van der Waals surface area contributed by atoms with E-state index >= 15 is 0 Å². The number of nitrogens with zero attached hydrogens (tertiary/aromatic N) is 1. The van der Waals surface area contributed by atoms with Crippen LogP contribution in [0.1, 0.15) is 32.0 Å². The minimum absolute atomic E-state index is 0.0622. The second-order valence-electron chi connectivity index (χ2n) is 5.32. The van der Waals surface area contributed by atoms with Crippen LogP contribution in [0.5, 0.6) is 0 Å². The highest BCUT2D eigenvalue weighted by molar-refractivity contribution is 5.91. The maximum absolute atomic E-state index is 11.7. The molecule has 0 aliphatic rings. The van der Waals surface area contributed by atoms with E-state index in [4.69, 9.17) is 0 Å². The molecule has 0 saturated heterocycles. The first-order chi connectivity index (χ1) is 7.76. The van der Waals surface area contributed by atoms with Gasteiger partial charge in [0.15, 0.2) is 0 Å². The van der Waals surface area contributed by atoms with E-state index in [0.717, 1.165) is 11.3 Å². The topological polar surface area (TPSA) is 54.0 Å². The van der Waals surface area contributed by atoms with Gasteiger partial charge in [0, 0.05) is 11.2 Å². The molecule has 4 nitrogen and oxygen atoms in total. The predicted molar refractivity (Wildman–Crippen MR) is 70.1 cm³/mol. The Morgan fingerprint density at radius 2 is 1.94 bits per heavy atom. The molecule has 0 radical (unpaired) electrons. The van der Waals surface area contributed by atoms with Crippen LogP contribution in [0.2, 0.25) is 0 Å². The number of nitrogens with one attached hydrogen (secondary N) is 2. The lowest BCUT2D eigenvalue weighted by Crippen LogP contribution is -2.41. The summed E-state index contributed by atoms with van der Waals surface area (Å²) in [6.07, 6.45) is 0. The van der Waals surface area contributed by atoms with Crippen LogP contribution < -0.4 is 10.6 Å². The third-order valence-electron chi connectivity index (χ3n) is 2.14. The molecule has 0 saturated carbocycles. The normalized spacial score (nSPS) is 11.4. The molecule has 94 valence electrons. The molecule has 0 bridgehead atoms. The molecule has 0 fully saturated rings. The fraction of sp³-hybridized carbons (Fsp3) is 0.538. The lowest BCUT2D eigenvalue weighted by atomic mass is 10.1. The Morgan fingerprint density at radius 1 is 1.29 bits per heavy atom. The molecule has 0 unspecified atom stereocenters. The quantitative estimate of drug-likeness (QED) is 0.842. The fourth-order valence-electron chi connectivity index (χ4n) is 1.44. The van der Waals surface area contributed by atoms with Crippen LogP contribution in [0.15, 0.2) is 12.1 Å². The Hall–Kier alpha value is -1.42. The van der Waals surface area contributed by atoms with Crippen molar-refractivity contribution in [3.05, 3.63) is 23.4 Å². The van der Waals surface area contributed by atoms with Gasteiger partial charge >= 0.3 is 0 Å². The van der Waals surface area contributed by atoms with E-state index < -0.39 is 0 Å². The van der Waals surface area contributed by atoms with E-state index in [1.165, 1.54) is 0 Å². The van der Waals surface area contributed by atoms with Gasteiger partial charge in [-0.1, -0.05) is 0 Å². The molecule has 4 heteroatoms. The van der Waals surface area contributed by atoms with Crippen molar-refractivity contribution in [3.63, 3.8) is 0 Å². The molecular weight excluding hydrogens is 214 g/mol. The third kappa shape index (κ3) is 5.45. The molecule has 0 spiro atoms. The van der Waals surface area contributed by atoms with Gasteiger partial charge in [0.25, 0.3) is 0 Å². The van der Waals surface area contributed by atoms with Crippen molar-refractivity contribution in [1.82, 2.24) is 10.3 Å². The van der Waals surface area contributed by atoms with E-state index in [9.17, 15) is 4.79 Å². The van der Waals surface area contributed by atoms with Gasteiger partial charge < -0.3 is 10.6 Å². The van der Waals surface area contributed by atoms with Gasteiger partial charge in [0.1, 0.15) is 5.82 Å². The minimum Gasteiger partial charge on any atom is -0.310 e. The van der Waals surface area contributed by atoms with Crippen LogP contribution in [0, 0.1) is 13.8 Å². The first-order valence-electron chi connectivity index (χ1n) is 5.76. The van der Waals surface area contributed by atoms with Gasteiger partial charge in [-0.25, -0.2) is 4.98 Å². The summed E-state index contributed by atoms with van der Waals surface area (Å²) in [5.41, 5.74) is 1.94. The summed E-state index contributed by atoms with van der Waals surface area (Å²) in [6, 6.07) is 3.84. The van der Waals surface area contributed by atoms with Crippen molar-refractivity contribution in [2.24, 2.45) is 0 Å². The summed E-state index contributed by atoms with van der Waals surface area (Å²) in [7, 11) is 0. The van der Waals surface area contributed by atoms with E-state index in [1.54, 1.807) is 0 Å².